The lowest BCUT2D eigenvalue weighted by Gasteiger charge is -2.16. The van der Waals surface area contributed by atoms with Crippen LogP contribution in [0.2, 0.25) is 0 Å². The Morgan fingerprint density at radius 2 is 0.800 bits per heavy atom. The highest BCUT2D eigenvalue weighted by Gasteiger charge is 2.07. The molecule has 0 aromatic carbocycles. The quantitative estimate of drug-likeness (QED) is 0.252. The fourth-order valence-corrected chi connectivity index (χ4v) is 3.27. The maximum atomic E-state index is 2.36. The van der Waals surface area contributed by atoms with Gasteiger partial charge < -0.3 is 0 Å². The van der Waals surface area contributed by atoms with Gasteiger partial charge >= 0.3 is 0 Å². The molecular weight excluding hydrogens is 240 g/mol. The van der Waals surface area contributed by atoms with Gasteiger partial charge in [0, 0.05) is 0 Å². The molecule has 0 rings (SSSR count). The number of hydrogen-bond donors (Lipinski definition) is 0. The average Bonchev–Trinajstić information content (AvgIpc) is 2.46. The molecule has 0 aromatic heterocycles. The maximum Gasteiger partial charge on any atom is -0.0414 e. The Kier molecular flexibility index (Phi) is 17.1. The van der Waals surface area contributed by atoms with Gasteiger partial charge in [0.25, 0.3) is 0 Å². The molecule has 0 aromatic rings. The van der Waals surface area contributed by atoms with Crippen molar-refractivity contribution < 1.29 is 0 Å². The monoisotopic (exact) mass is 282 g/mol. The lowest BCUT2D eigenvalue weighted by atomic mass is 9.90. The summed E-state index contributed by atoms with van der Waals surface area (Å²) in [7, 11) is 0. The molecule has 0 aliphatic heterocycles. The van der Waals surface area contributed by atoms with Crippen LogP contribution in [0.5, 0.6) is 0 Å². The second-order valence-corrected chi connectivity index (χ2v) is 6.77. The highest BCUT2D eigenvalue weighted by Crippen LogP contribution is 2.23. The highest BCUT2D eigenvalue weighted by atomic mass is 14.1. The third-order valence-electron chi connectivity index (χ3n) is 4.63. The summed E-state index contributed by atoms with van der Waals surface area (Å²) < 4.78 is 0. The van der Waals surface area contributed by atoms with Crippen LogP contribution in [-0.2, 0) is 0 Å². The predicted molar refractivity (Wildman–Crippen MR) is 94.4 cm³/mol. The van der Waals surface area contributed by atoms with E-state index < -0.39 is 0 Å². The molecule has 0 amide bonds. The van der Waals surface area contributed by atoms with Crippen molar-refractivity contribution in [2.75, 3.05) is 0 Å². The third-order valence-corrected chi connectivity index (χ3v) is 4.63. The van der Waals surface area contributed by atoms with Gasteiger partial charge in [-0.05, 0) is 5.92 Å². The van der Waals surface area contributed by atoms with E-state index in [0.717, 1.165) is 5.92 Å². The van der Waals surface area contributed by atoms with E-state index in [2.05, 4.69) is 20.8 Å². The number of rotatable bonds is 16. The zero-order valence-corrected chi connectivity index (χ0v) is 14.9. The van der Waals surface area contributed by atoms with E-state index >= 15 is 0 Å². The Bertz CT molecular complexity index is 145. The summed E-state index contributed by atoms with van der Waals surface area (Å²) in [6.45, 7) is 6.96. The molecule has 0 spiro atoms. The van der Waals surface area contributed by atoms with Crippen molar-refractivity contribution in [1.82, 2.24) is 0 Å². The summed E-state index contributed by atoms with van der Waals surface area (Å²) in [5.41, 5.74) is 0. The minimum absolute atomic E-state index is 1.04. The van der Waals surface area contributed by atoms with E-state index in [1.165, 1.54) is 103 Å². The molecule has 0 N–H and O–H groups in total. The molecule has 0 nitrogen and oxygen atoms in total. The van der Waals surface area contributed by atoms with Crippen LogP contribution in [0, 0.1) is 5.92 Å². The fourth-order valence-electron chi connectivity index (χ4n) is 3.27. The molecule has 0 heterocycles. The number of hydrogen-bond acceptors (Lipinski definition) is 0. The van der Waals surface area contributed by atoms with Gasteiger partial charge in [0.1, 0.15) is 0 Å². The summed E-state index contributed by atoms with van der Waals surface area (Å²) in [5, 5.41) is 0. The van der Waals surface area contributed by atoms with Crippen LogP contribution < -0.4 is 0 Å². The Balaban J connectivity index is 3.45. The van der Waals surface area contributed by atoms with E-state index in [0.29, 0.717) is 0 Å². The first-order valence-electron chi connectivity index (χ1n) is 9.85. The molecular formula is C20H42. The van der Waals surface area contributed by atoms with Crippen molar-refractivity contribution in [3.05, 3.63) is 0 Å². The van der Waals surface area contributed by atoms with E-state index in [9.17, 15) is 0 Å². The fraction of sp³-hybridized carbons (Fsp3) is 1.00. The Morgan fingerprint density at radius 3 is 1.20 bits per heavy atom. The predicted octanol–water partition coefficient (Wildman–Crippen LogP) is 7.90. The molecule has 122 valence electrons. The summed E-state index contributed by atoms with van der Waals surface area (Å²) in [4.78, 5) is 0. The van der Waals surface area contributed by atoms with Crippen LogP contribution >= 0.6 is 0 Å². The molecule has 20 heavy (non-hydrogen) atoms. The van der Waals surface area contributed by atoms with Crippen molar-refractivity contribution in [2.45, 2.75) is 124 Å². The molecule has 0 fully saturated rings. The summed E-state index contributed by atoms with van der Waals surface area (Å²) in [5.74, 6) is 1.04. The Morgan fingerprint density at radius 1 is 0.400 bits per heavy atom. The van der Waals surface area contributed by atoms with Gasteiger partial charge in [0.2, 0.25) is 0 Å². The summed E-state index contributed by atoms with van der Waals surface area (Å²) >= 11 is 0. The van der Waals surface area contributed by atoms with Crippen LogP contribution in [-0.4, -0.2) is 0 Å². The van der Waals surface area contributed by atoms with Crippen LogP contribution in [0.25, 0.3) is 0 Å². The first kappa shape index (κ1) is 20.0. The normalized spacial score (nSPS) is 11.4. The van der Waals surface area contributed by atoms with E-state index in [-0.39, 0.29) is 0 Å². The standard InChI is InChI=1S/C20H42/c1-4-7-9-11-13-15-18-20(17-6-3)19-16-14-12-10-8-5-2/h20H,4-19H2,1-3H3. The van der Waals surface area contributed by atoms with Crippen LogP contribution in [0.3, 0.4) is 0 Å². The third kappa shape index (κ3) is 14.4. The van der Waals surface area contributed by atoms with Crippen LogP contribution in [0.1, 0.15) is 124 Å². The van der Waals surface area contributed by atoms with Crippen LogP contribution in [0.15, 0.2) is 0 Å². The maximum absolute atomic E-state index is 2.36. The summed E-state index contributed by atoms with van der Waals surface area (Å²) in [6.07, 6.45) is 23.3. The average molecular weight is 283 g/mol. The van der Waals surface area contributed by atoms with Crippen molar-refractivity contribution in [3.63, 3.8) is 0 Å². The van der Waals surface area contributed by atoms with Crippen LogP contribution in [0.4, 0.5) is 0 Å². The lowest BCUT2D eigenvalue weighted by Crippen LogP contribution is -2.00. The largest absolute Gasteiger partial charge is 0.0654 e. The zero-order valence-electron chi connectivity index (χ0n) is 14.9. The zero-order chi connectivity index (χ0) is 14.9. The van der Waals surface area contributed by atoms with Gasteiger partial charge in [-0.15, -0.1) is 0 Å². The van der Waals surface area contributed by atoms with Crippen molar-refractivity contribution in [1.29, 1.82) is 0 Å². The van der Waals surface area contributed by atoms with E-state index in [4.69, 9.17) is 0 Å². The molecule has 0 aliphatic rings. The minimum atomic E-state index is 1.04. The van der Waals surface area contributed by atoms with E-state index in [1.54, 1.807) is 0 Å². The van der Waals surface area contributed by atoms with Gasteiger partial charge in [0.15, 0.2) is 0 Å². The Labute approximate surface area is 130 Å². The molecule has 0 atom stereocenters. The number of unbranched alkanes of at least 4 members (excludes halogenated alkanes) is 10. The van der Waals surface area contributed by atoms with Crippen molar-refractivity contribution in [2.24, 2.45) is 5.92 Å². The topological polar surface area (TPSA) is 0 Å². The lowest BCUT2D eigenvalue weighted by molar-refractivity contribution is 0.377. The highest BCUT2D eigenvalue weighted by molar-refractivity contribution is 4.60. The van der Waals surface area contributed by atoms with E-state index in [1.807, 2.05) is 0 Å². The molecule has 0 heteroatoms. The first-order chi connectivity index (χ1) is 9.85. The smallest absolute Gasteiger partial charge is 0.0414 e. The molecule has 0 saturated heterocycles. The van der Waals surface area contributed by atoms with Gasteiger partial charge in [-0.2, -0.15) is 0 Å². The first-order valence-corrected chi connectivity index (χ1v) is 9.85. The minimum Gasteiger partial charge on any atom is -0.0654 e. The van der Waals surface area contributed by atoms with Gasteiger partial charge in [-0.3, -0.25) is 0 Å². The molecule has 0 unspecified atom stereocenters. The SMILES string of the molecule is CCCCCCCCC(CCC)CCCCCCCC. The second-order valence-electron chi connectivity index (χ2n) is 6.77. The van der Waals surface area contributed by atoms with Crippen molar-refractivity contribution >= 4 is 0 Å². The van der Waals surface area contributed by atoms with Gasteiger partial charge in [-0.1, -0.05) is 124 Å². The van der Waals surface area contributed by atoms with Crippen molar-refractivity contribution in [3.8, 4) is 0 Å². The molecule has 0 aliphatic carbocycles. The Hall–Kier alpha value is 0. The van der Waals surface area contributed by atoms with Gasteiger partial charge in [0.05, 0.1) is 0 Å². The molecule has 0 radical (unpaired) electrons. The second kappa shape index (κ2) is 17.1. The summed E-state index contributed by atoms with van der Waals surface area (Å²) in [6, 6.07) is 0. The molecule has 0 saturated carbocycles. The molecule has 0 bridgehead atoms. The van der Waals surface area contributed by atoms with Gasteiger partial charge in [-0.25, -0.2) is 0 Å².